The molecule has 2 rings (SSSR count). The van der Waals surface area contributed by atoms with Crippen LogP contribution in [-0.4, -0.2) is 48.8 Å². The maximum atomic E-state index is 12.2. The lowest BCUT2D eigenvalue weighted by molar-refractivity contribution is -0.143. The molecule has 7 heteroatoms. The Morgan fingerprint density at radius 3 is 2.68 bits per heavy atom. The fourth-order valence-corrected chi connectivity index (χ4v) is 2.44. The summed E-state index contributed by atoms with van der Waals surface area (Å²) in [6.45, 7) is 3.02. The van der Waals surface area contributed by atoms with Gasteiger partial charge in [-0.05, 0) is 13.3 Å². The van der Waals surface area contributed by atoms with E-state index in [4.69, 9.17) is 0 Å². The zero-order valence-electron chi connectivity index (χ0n) is 11.1. The molecular weight excluding hydrogens is 248 g/mol. The standard InChI is InChI=1S/C12H18N4O3/c1-3-14-7-6-16(12(19)10(7)13-2)8-4-5-9(17)15-11(8)18/h8,13-14H,3-6H2,1-2H3,(H,15,17,18). The van der Waals surface area contributed by atoms with Crippen molar-refractivity contribution in [3.63, 3.8) is 0 Å². The van der Waals surface area contributed by atoms with E-state index in [0.29, 0.717) is 25.2 Å². The van der Waals surface area contributed by atoms with E-state index in [-0.39, 0.29) is 18.2 Å². The number of hydrogen-bond acceptors (Lipinski definition) is 5. The Bertz CT molecular complexity index is 458. The second-order valence-corrected chi connectivity index (χ2v) is 4.53. The fourth-order valence-electron chi connectivity index (χ4n) is 2.44. The predicted octanol–water partition coefficient (Wildman–Crippen LogP) is -1.33. The largest absolute Gasteiger partial charge is 0.385 e. The van der Waals surface area contributed by atoms with Gasteiger partial charge in [0.1, 0.15) is 11.7 Å². The van der Waals surface area contributed by atoms with Crippen LogP contribution >= 0.6 is 0 Å². The molecule has 0 bridgehead atoms. The van der Waals surface area contributed by atoms with Gasteiger partial charge in [-0.15, -0.1) is 0 Å². The maximum Gasteiger partial charge on any atom is 0.272 e. The van der Waals surface area contributed by atoms with Crippen LogP contribution in [0, 0.1) is 0 Å². The van der Waals surface area contributed by atoms with Crippen molar-refractivity contribution >= 4 is 17.7 Å². The molecule has 0 aromatic heterocycles. The Labute approximate surface area is 111 Å². The van der Waals surface area contributed by atoms with Crippen molar-refractivity contribution in [2.24, 2.45) is 0 Å². The molecular formula is C12H18N4O3. The van der Waals surface area contributed by atoms with Gasteiger partial charge < -0.3 is 15.5 Å². The van der Waals surface area contributed by atoms with Crippen LogP contribution in [0.25, 0.3) is 0 Å². The number of carbonyl (C=O) groups excluding carboxylic acids is 3. The highest BCUT2D eigenvalue weighted by Crippen LogP contribution is 2.21. The molecule has 2 heterocycles. The Balaban J connectivity index is 2.14. The molecule has 2 aliphatic heterocycles. The van der Waals surface area contributed by atoms with E-state index in [0.717, 1.165) is 5.70 Å². The van der Waals surface area contributed by atoms with Gasteiger partial charge in [0, 0.05) is 20.0 Å². The summed E-state index contributed by atoms with van der Waals surface area (Å²) in [6, 6.07) is -0.565. The predicted molar refractivity (Wildman–Crippen MR) is 67.6 cm³/mol. The van der Waals surface area contributed by atoms with E-state index in [2.05, 4.69) is 16.0 Å². The molecule has 1 saturated heterocycles. The van der Waals surface area contributed by atoms with Crippen LogP contribution in [0.15, 0.2) is 11.4 Å². The summed E-state index contributed by atoms with van der Waals surface area (Å²) >= 11 is 0. The van der Waals surface area contributed by atoms with Gasteiger partial charge in [0.2, 0.25) is 11.8 Å². The lowest BCUT2D eigenvalue weighted by Crippen LogP contribution is -2.53. The van der Waals surface area contributed by atoms with Crippen molar-refractivity contribution in [2.45, 2.75) is 25.8 Å². The lowest BCUT2D eigenvalue weighted by Gasteiger charge is -2.29. The lowest BCUT2D eigenvalue weighted by atomic mass is 10.0. The van der Waals surface area contributed by atoms with Crippen LogP contribution in [0.2, 0.25) is 0 Å². The summed E-state index contributed by atoms with van der Waals surface area (Å²) in [7, 11) is 1.68. The van der Waals surface area contributed by atoms with E-state index in [1.165, 1.54) is 4.90 Å². The van der Waals surface area contributed by atoms with Gasteiger partial charge >= 0.3 is 0 Å². The highest BCUT2D eigenvalue weighted by molar-refractivity contribution is 6.04. The molecule has 0 radical (unpaired) electrons. The first-order chi connectivity index (χ1) is 9.08. The summed E-state index contributed by atoms with van der Waals surface area (Å²) < 4.78 is 0. The topological polar surface area (TPSA) is 90.5 Å². The molecule has 1 fully saturated rings. The van der Waals surface area contributed by atoms with Gasteiger partial charge in [-0.1, -0.05) is 0 Å². The van der Waals surface area contributed by atoms with E-state index >= 15 is 0 Å². The first-order valence-electron chi connectivity index (χ1n) is 6.38. The number of nitrogens with one attached hydrogen (secondary N) is 3. The van der Waals surface area contributed by atoms with Crippen molar-refractivity contribution in [3.8, 4) is 0 Å². The number of amides is 3. The van der Waals surface area contributed by atoms with Crippen LogP contribution in [0.1, 0.15) is 19.8 Å². The number of carbonyl (C=O) groups is 3. The Morgan fingerprint density at radius 1 is 1.37 bits per heavy atom. The molecule has 19 heavy (non-hydrogen) atoms. The van der Waals surface area contributed by atoms with E-state index in [9.17, 15) is 14.4 Å². The Hall–Kier alpha value is -2.05. The summed E-state index contributed by atoms with van der Waals surface area (Å²) in [5.74, 6) is -0.868. The molecule has 0 spiro atoms. The average Bonchev–Trinajstić information content (AvgIpc) is 2.66. The molecule has 1 atom stereocenters. The molecule has 104 valence electrons. The number of piperidine rings is 1. The second-order valence-electron chi connectivity index (χ2n) is 4.53. The second kappa shape index (κ2) is 5.29. The Morgan fingerprint density at radius 2 is 2.11 bits per heavy atom. The monoisotopic (exact) mass is 266 g/mol. The van der Waals surface area contributed by atoms with Crippen LogP contribution in [0.3, 0.4) is 0 Å². The summed E-state index contributed by atoms with van der Waals surface area (Å²) in [6.07, 6.45) is 0.651. The maximum absolute atomic E-state index is 12.2. The number of imide groups is 1. The average molecular weight is 266 g/mol. The van der Waals surface area contributed by atoms with Gasteiger partial charge in [0.25, 0.3) is 5.91 Å². The molecule has 0 aromatic rings. The van der Waals surface area contributed by atoms with E-state index in [1.807, 2.05) is 6.92 Å². The number of nitrogens with zero attached hydrogens (tertiary/aromatic N) is 1. The van der Waals surface area contributed by atoms with Crippen LogP contribution in [-0.2, 0) is 14.4 Å². The zero-order chi connectivity index (χ0) is 14.0. The van der Waals surface area contributed by atoms with Crippen molar-refractivity contribution < 1.29 is 14.4 Å². The number of rotatable bonds is 4. The third-order valence-corrected chi connectivity index (χ3v) is 3.33. The Kier molecular flexibility index (Phi) is 3.73. The molecule has 0 saturated carbocycles. The molecule has 3 amide bonds. The molecule has 1 unspecified atom stereocenters. The van der Waals surface area contributed by atoms with Gasteiger partial charge in [-0.2, -0.15) is 0 Å². The molecule has 2 aliphatic rings. The van der Waals surface area contributed by atoms with Crippen LogP contribution in [0.5, 0.6) is 0 Å². The fraction of sp³-hybridized carbons (Fsp3) is 0.583. The van der Waals surface area contributed by atoms with Crippen LogP contribution < -0.4 is 16.0 Å². The number of hydrogen-bond donors (Lipinski definition) is 3. The van der Waals surface area contributed by atoms with Gasteiger partial charge in [-0.3, -0.25) is 19.7 Å². The quantitative estimate of drug-likeness (QED) is 0.549. The highest BCUT2D eigenvalue weighted by Gasteiger charge is 2.40. The van der Waals surface area contributed by atoms with Crippen molar-refractivity contribution in [1.29, 1.82) is 0 Å². The van der Waals surface area contributed by atoms with Gasteiger partial charge in [0.05, 0.1) is 12.2 Å². The summed E-state index contributed by atoms with van der Waals surface area (Å²) in [5, 5.41) is 8.27. The minimum atomic E-state index is -0.565. The van der Waals surface area contributed by atoms with Crippen LogP contribution in [0.4, 0.5) is 0 Å². The SMILES string of the molecule is CCNC1=C(NC)C(=O)N(C2CCC(=O)NC2=O)C1. The summed E-state index contributed by atoms with van der Waals surface area (Å²) in [5.41, 5.74) is 1.28. The molecule has 7 nitrogen and oxygen atoms in total. The normalized spacial score (nSPS) is 23.8. The first kappa shape index (κ1) is 13.4. The zero-order valence-corrected chi connectivity index (χ0v) is 11.1. The van der Waals surface area contributed by atoms with Crippen molar-refractivity contribution in [1.82, 2.24) is 20.9 Å². The molecule has 3 N–H and O–H groups in total. The van der Waals surface area contributed by atoms with E-state index in [1.54, 1.807) is 7.05 Å². The highest BCUT2D eigenvalue weighted by atomic mass is 16.2. The van der Waals surface area contributed by atoms with Crippen molar-refractivity contribution in [3.05, 3.63) is 11.4 Å². The molecule has 0 aromatic carbocycles. The van der Waals surface area contributed by atoms with Gasteiger partial charge in [-0.25, -0.2) is 0 Å². The smallest absolute Gasteiger partial charge is 0.272 e. The van der Waals surface area contributed by atoms with Crippen molar-refractivity contribution in [2.75, 3.05) is 20.1 Å². The van der Waals surface area contributed by atoms with Gasteiger partial charge in [0.15, 0.2) is 0 Å². The third-order valence-electron chi connectivity index (χ3n) is 3.33. The molecule has 0 aliphatic carbocycles. The summed E-state index contributed by atoms with van der Waals surface area (Å²) in [4.78, 5) is 36.7. The minimum Gasteiger partial charge on any atom is -0.385 e. The third kappa shape index (κ3) is 2.40. The first-order valence-corrected chi connectivity index (χ1v) is 6.38. The van der Waals surface area contributed by atoms with E-state index < -0.39 is 11.9 Å². The number of likely N-dealkylation sites (N-methyl/N-ethyl adjacent to an activating group) is 2. The minimum absolute atomic E-state index is 0.201.